The molecular weight excluding hydrogens is 478 g/mol. The summed E-state index contributed by atoms with van der Waals surface area (Å²) in [4.78, 5) is 25.2. The van der Waals surface area contributed by atoms with Gasteiger partial charge in [-0.05, 0) is 55.3 Å². The molecule has 0 fully saturated rings. The lowest BCUT2D eigenvalue weighted by Crippen LogP contribution is -2.14. The molecule has 0 aliphatic carbocycles. The van der Waals surface area contributed by atoms with E-state index in [1.807, 2.05) is 50.2 Å². The highest BCUT2D eigenvalue weighted by molar-refractivity contribution is 6.32. The lowest BCUT2D eigenvalue weighted by Gasteiger charge is -2.11. The molecule has 0 aliphatic rings. The largest absolute Gasteiger partial charge is 0.487 e. The second kappa shape index (κ2) is 11.1. The Balaban J connectivity index is 1.49. The molecule has 0 atom stereocenters. The molecule has 0 radical (unpaired) electrons. The minimum Gasteiger partial charge on any atom is -0.487 e. The zero-order valence-corrected chi connectivity index (χ0v) is 21.0. The fraction of sp³-hybridized carbons (Fsp3) is 0.179. The Bertz CT molecular complexity index is 1410. The number of para-hydroxylation sites is 1. The standard InChI is InChI=1S/C28H26ClN3O4/c1-18-26(19(2)32(31-18)16-22-10-4-5-12-23(22)28(34)35-3)30-27(33)21-11-8-9-20(15-21)17-36-25-14-7-6-13-24(25)29/h4-15H,16-17H2,1-3H3,(H,30,33). The van der Waals surface area contributed by atoms with Gasteiger partial charge in [-0.3, -0.25) is 9.48 Å². The van der Waals surface area contributed by atoms with Crippen LogP contribution in [-0.2, 0) is 17.9 Å². The van der Waals surface area contributed by atoms with Gasteiger partial charge in [0.1, 0.15) is 12.4 Å². The Morgan fingerprint density at radius 1 is 1.00 bits per heavy atom. The number of hydrogen-bond donors (Lipinski definition) is 1. The van der Waals surface area contributed by atoms with Gasteiger partial charge in [0.05, 0.1) is 41.3 Å². The van der Waals surface area contributed by atoms with Gasteiger partial charge in [-0.15, -0.1) is 0 Å². The molecule has 4 rings (SSSR count). The average Bonchev–Trinajstić information content (AvgIpc) is 3.15. The molecule has 36 heavy (non-hydrogen) atoms. The number of benzene rings is 3. The molecule has 0 saturated heterocycles. The van der Waals surface area contributed by atoms with Crippen molar-refractivity contribution in [1.29, 1.82) is 0 Å². The van der Waals surface area contributed by atoms with Crippen LogP contribution in [0.3, 0.4) is 0 Å². The summed E-state index contributed by atoms with van der Waals surface area (Å²) in [5.41, 5.74) is 4.68. The third kappa shape index (κ3) is 5.58. The van der Waals surface area contributed by atoms with E-state index in [1.54, 1.807) is 41.1 Å². The van der Waals surface area contributed by atoms with Crippen LogP contribution in [0.4, 0.5) is 5.69 Å². The number of nitrogens with zero attached hydrogens (tertiary/aromatic N) is 2. The molecular formula is C28H26ClN3O4. The van der Waals surface area contributed by atoms with Crippen LogP contribution in [0.2, 0.25) is 5.02 Å². The van der Waals surface area contributed by atoms with E-state index in [0.29, 0.717) is 39.8 Å². The lowest BCUT2D eigenvalue weighted by atomic mass is 10.1. The maximum Gasteiger partial charge on any atom is 0.338 e. The molecule has 184 valence electrons. The number of carbonyl (C=O) groups excluding carboxylic acids is 2. The average molecular weight is 504 g/mol. The molecule has 0 aliphatic heterocycles. The Morgan fingerprint density at radius 2 is 1.75 bits per heavy atom. The third-order valence-corrected chi connectivity index (χ3v) is 6.10. The first-order valence-corrected chi connectivity index (χ1v) is 11.7. The van der Waals surface area contributed by atoms with E-state index in [2.05, 4.69) is 10.4 Å². The summed E-state index contributed by atoms with van der Waals surface area (Å²) in [6, 6.07) is 21.7. The molecule has 0 bridgehead atoms. The van der Waals surface area contributed by atoms with E-state index in [4.69, 9.17) is 21.1 Å². The summed E-state index contributed by atoms with van der Waals surface area (Å²) >= 11 is 6.16. The van der Waals surface area contributed by atoms with Crippen molar-refractivity contribution in [2.24, 2.45) is 0 Å². The quantitative estimate of drug-likeness (QED) is 0.306. The minimum absolute atomic E-state index is 0.254. The molecule has 1 N–H and O–H groups in total. The van der Waals surface area contributed by atoms with Crippen LogP contribution in [0.25, 0.3) is 0 Å². The number of rotatable bonds is 8. The molecule has 0 saturated carbocycles. The first-order valence-electron chi connectivity index (χ1n) is 11.3. The highest BCUT2D eigenvalue weighted by Gasteiger charge is 2.18. The van der Waals surface area contributed by atoms with E-state index in [-0.39, 0.29) is 12.5 Å². The summed E-state index contributed by atoms with van der Waals surface area (Å²) in [7, 11) is 1.36. The van der Waals surface area contributed by atoms with E-state index in [9.17, 15) is 9.59 Å². The van der Waals surface area contributed by atoms with Crippen LogP contribution >= 0.6 is 11.6 Å². The number of methoxy groups -OCH3 is 1. The van der Waals surface area contributed by atoms with Crippen molar-refractivity contribution in [3.8, 4) is 5.75 Å². The monoisotopic (exact) mass is 503 g/mol. The number of carbonyl (C=O) groups is 2. The zero-order valence-electron chi connectivity index (χ0n) is 20.2. The van der Waals surface area contributed by atoms with E-state index >= 15 is 0 Å². The van der Waals surface area contributed by atoms with E-state index in [0.717, 1.165) is 16.8 Å². The van der Waals surface area contributed by atoms with Crippen LogP contribution in [0, 0.1) is 13.8 Å². The number of esters is 1. The van der Waals surface area contributed by atoms with Crippen LogP contribution in [0.5, 0.6) is 5.75 Å². The number of anilines is 1. The van der Waals surface area contributed by atoms with Gasteiger partial charge in [-0.25, -0.2) is 4.79 Å². The predicted octanol–water partition coefficient (Wildman–Crippen LogP) is 5.82. The van der Waals surface area contributed by atoms with Crippen molar-refractivity contribution in [2.75, 3.05) is 12.4 Å². The van der Waals surface area contributed by atoms with Gasteiger partial charge in [0.15, 0.2) is 0 Å². The van der Waals surface area contributed by atoms with Crippen LogP contribution in [-0.4, -0.2) is 28.8 Å². The number of ether oxygens (including phenoxy) is 2. The fourth-order valence-corrected chi connectivity index (χ4v) is 4.06. The van der Waals surface area contributed by atoms with Crippen molar-refractivity contribution in [3.63, 3.8) is 0 Å². The Labute approximate surface area is 214 Å². The van der Waals surface area contributed by atoms with Gasteiger partial charge in [-0.2, -0.15) is 5.10 Å². The van der Waals surface area contributed by atoms with Gasteiger partial charge in [0.2, 0.25) is 0 Å². The fourth-order valence-electron chi connectivity index (χ4n) is 3.87. The molecule has 1 amide bonds. The summed E-state index contributed by atoms with van der Waals surface area (Å²) < 4.78 is 12.5. The Hall–Kier alpha value is -4.10. The number of amides is 1. The Kier molecular flexibility index (Phi) is 7.71. The van der Waals surface area contributed by atoms with Gasteiger partial charge >= 0.3 is 5.97 Å². The first-order chi connectivity index (χ1) is 17.4. The predicted molar refractivity (Wildman–Crippen MR) is 139 cm³/mol. The van der Waals surface area contributed by atoms with Crippen molar-refractivity contribution in [1.82, 2.24) is 9.78 Å². The highest BCUT2D eigenvalue weighted by Crippen LogP contribution is 2.25. The normalized spacial score (nSPS) is 10.7. The second-order valence-corrected chi connectivity index (χ2v) is 8.63. The zero-order chi connectivity index (χ0) is 25.7. The molecule has 3 aromatic carbocycles. The second-order valence-electron chi connectivity index (χ2n) is 8.23. The first kappa shape index (κ1) is 25.0. The summed E-state index contributed by atoms with van der Waals surface area (Å²) in [5.74, 6) is -0.0733. The van der Waals surface area contributed by atoms with Crippen LogP contribution in [0.1, 0.15) is 43.2 Å². The smallest absolute Gasteiger partial charge is 0.338 e. The number of aromatic nitrogens is 2. The SMILES string of the molecule is COC(=O)c1ccccc1Cn1nc(C)c(NC(=O)c2cccc(COc3ccccc3Cl)c2)c1C. The van der Waals surface area contributed by atoms with Crippen molar-refractivity contribution < 1.29 is 19.1 Å². The van der Waals surface area contributed by atoms with E-state index < -0.39 is 5.97 Å². The maximum absolute atomic E-state index is 13.1. The van der Waals surface area contributed by atoms with Gasteiger partial charge in [0.25, 0.3) is 5.91 Å². The number of hydrogen-bond acceptors (Lipinski definition) is 5. The molecule has 1 heterocycles. The molecule has 1 aromatic heterocycles. The Morgan fingerprint density at radius 3 is 2.53 bits per heavy atom. The van der Waals surface area contributed by atoms with Crippen molar-refractivity contribution in [2.45, 2.75) is 27.0 Å². The number of halogens is 1. The molecule has 8 heteroatoms. The molecule has 7 nitrogen and oxygen atoms in total. The summed E-state index contributed by atoms with van der Waals surface area (Å²) in [6.07, 6.45) is 0. The molecule has 0 spiro atoms. The van der Waals surface area contributed by atoms with Gasteiger partial charge < -0.3 is 14.8 Å². The molecule has 0 unspecified atom stereocenters. The van der Waals surface area contributed by atoms with Crippen molar-refractivity contribution in [3.05, 3.63) is 111 Å². The highest BCUT2D eigenvalue weighted by atomic mass is 35.5. The number of aryl methyl sites for hydroxylation is 1. The van der Waals surface area contributed by atoms with Crippen molar-refractivity contribution >= 4 is 29.2 Å². The van der Waals surface area contributed by atoms with Gasteiger partial charge in [0, 0.05) is 5.56 Å². The van der Waals surface area contributed by atoms with Gasteiger partial charge in [-0.1, -0.05) is 54.1 Å². The minimum atomic E-state index is -0.404. The summed E-state index contributed by atoms with van der Waals surface area (Å²) in [6.45, 7) is 4.35. The topological polar surface area (TPSA) is 82.5 Å². The lowest BCUT2D eigenvalue weighted by molar-refractivity contribution is 0.0599. The van der Waals surface area contributed by atoms with Crippen LogP contribution < -0.4 is 10.1 Å². The van der Waals surface area contributed by atoms with E-state index in [1.165, 1.54) is 7.11 Å². The number of nitrogens with one attached hydrogen (secondary N) is 1. The maximum atomic E-state index is 13.1. The van der Waals surface area contributed by atoms with Crippen LogP contribution in [0.15, 0.2) is 72.8 Å². The molecule has 4 aromatic rings. The third-order valence-electron chi connectivity index (χ3n) is 5.78. The summed E-state index contributed by atoms with van der Waals surface area (Å²) in [5, 5.41) is 8.10.